The van der Waals surface area contributed by atoms with E-state index in [-0.39, 0.29) is 11.9 Å². The number of nitrogens with zero attached hydrogens (tertiary/aromatic N) is 1. The van der Waals surface area contributed by atoms with E-state index in [1.54, 1.807) is 16.7 Å². The Hall–Kier alpha value is -1.45. The molecule has 0 aliphatic rings. The highest BCUT2D eigenvalue weighted by Crippen LogP contribution is 2.24. The lowest BCUT2D eigenvalue weighted by Crippen LogP contribution is -2.31. The Bertz CT molecular complexity index is 603. The number of carbonyl (C=O) groups is 1. The number of rotatable bonds is 5. The largest absolute Gasteiger partial charge is 0.338 e. The van der Waals surface area contributed by atoms with Gasteiger partial charge in [0.25, 0.3) is 0 Å². The number of thioether (sulfide) groups is 1. The van der Waals surface area contributed by atoms with E-state index < -0.39 is 0 Å². The van der Waals surface area contributed by atoms with E-state index in [4.69, 9.17) is 11.6 Å². The SMILES string of the molecule is CC(c1cccc(Cl)c1)N(C)C(=O)CSc1ccccc1. The molecule has 110 valence electrons. The minimum absolute atomic E-state index is 0.00701. The van der Waals surface area contributed by atoms with Gasteiger partial charge in [-0.1, -0.05) is 41.9 Å². The summed E-state index contributed by atoms with van der Waals surface area (Å²) in [5.74, 6) is 0.544. The van der Waals surface area contributed by atoms with Crippen LogP contribution in [0.1, 0.15) is 18.5 Å². The molecule has 0 aliphatic heterocycles. The van der Waals surface area contributed by atoms with Gasteiger partial charge in [-0.3, -0.25) is 4.79 Å². The summed E-state index contributed by atoms with van der Waals surface area (Å²) in [4.78, 5) is 15.2. The quantitative estimate of drug-likeness (QED) is 0.748. The van der Waals surface area contributed by atoms with E-state index >= 15 is 0 Å². The maximum atomic E-state index is 12.3. The molecule has 2 rings (SSSR count). The van der Waals surface area contributed by atoms with Crippen LogP contribution in [-0.2, 0) is 4.79 Å². The second-order valence-electron chi connectivity index (χ2n) is 4.84. The summed E-state index contributed by atoms with van der Waals surface area (Å²) < 4.78 is 0. The molecule has 0 aliphatic carbocycles. The summed E-state index contributed by atoms with van der Waals surface area (Å²) in [6.07, 6.45) is 0. The Labute approximate surface area is 135 Å². The highest BCUT2D eigenvalue weighted by atomic mass is 35.5. The normalized spacial score (nSPS) is 12.0. The van der Waals surface area contributed by atoms with E-state index in [0.717, 1.165) is 10.5 Å². The van der Waals surface area contributed by atoms with Crippen LogP contribution < -0.4 is 0 Å². The molecule has 2 aromatic carbocycles. The first-order valence-corrected chi connectivity index (χ1v) is 8.13. The van der Waals surface area contributed by atoms with E-state index in [2.05, 4.69) is 0 Å². The lowest BCUT2D eigenvalue weighted by molar-refractivity contribution is -0.128. The van der Waals surface area contributed by atoms with Crippen molar-refractivity contribution < 1.29 is 4.79 Å². The molecule has 0 fully saturated rings. The summed E-state index contributed by atoms with van der Waals surface area (Å²) in [6.45, 7) is 2.01. The summed E-state index contributed by atoms with van der Waals surface area (Å²) in [5, 5.41) is 0.693. The van der Waals surface area contributed by atoms with Crippen LogP contribution >= 0.6 is 23.4 Å². The lowest BCUT2D eigenvalue weighted by atomic mass is 10.1. The van der Waals surface area contributed by atoms with Gasteiger partial charge >= 0.3 is 0 Å². The molecule has 4 heteroatoms. The van der Waals surface area contributed by atoms with Crippen molar-refractivity contribution in [1.29, 1.82) is 0 Å². The van der Waals surface area contributed by atoms with Crippen LogP contribution in [-0.4, -0.2) is 23.6 Å². The van der Waals surface area contributed by atoms with Crippen LogP contribution in [0.3, 0.4) is 0 Å². The van der Waals surface area contributed by atoms with Gasteiger partial charge in [-0.05, 0) is 36.8 Å². The molecule has 1 atom stereocenters. The lowest BCUT2D eigenvalue weighted by Gasteiger charge is -2.25. The summed E-state index contributed by atoms with van der Waals surface area (Å²) in [6, 6.07) is 17.6. The Morgan fingerprint density at radius 3 is 2.57 bits per heavy atom. The van der Waals surface area contributed by atoms with E-state index in [1.807, 2.05) is 68.6 Å². The van der Waals surface area contributed by atoms with Crippen molar-refractivity contribution in [2.75, 3.05) is 12.8 Å². The molecule has 0 N–H and O–H groups in total. The van der Waals surface area contributed by atoms with Crippen molar-refractivity contribution in [3.63, 3.8) is 0 Å². The van der Waals surface area contributed by atoms with Crippen molar-refractivity contribution in [2.24, 2.45) is 0 Å². The van der Waals surface area contributed by atoms with Gasteiger partial charge in [0.15, 0.2) is 0 Å². The average molecular weight is 320 g/mol. The number of halogens is 1. The first kappa shape index (κ1) is 15.9. The minimum Gasteiger partial charge on any atom is -0.338 e. The molecular formula is C17H18ClNOS. The molecule has 0 spiro atoms. The molecule has 0 aromatic heterocycles. The van der Waals surface area contributed by atoms with Crippen molar-refractivity contribution in [3.8, 4) is 0 Å². The van der Waals surface area contributed by atoms with Crippen LogP contribution in [0.5, 0.6) is 0 Å². The highest BCUT2D eigenvalue weighted by Gasteiger charge is 2.17. The maximum Gasteiger partial charge on any atom is 0.233 e. The van der Waals surface area contributed by atoms with Crippen molar-refractivity contribution in [1.82, 2.24) is 4.90 Å². The van der Waals surface area contributed by atoms with Gasteiger partial charge in [0, 0.05) is 17.0 Å². The zero-order chi connectivity index (χ0) is 15.2. The van der Waals surface area contributed by atoms with E-state index in [1.165, 1.54) is 0 Å². The highest BCUT2D eigenvalue weighted by molar-refractivity contribution is 8.00. The molecule has 0 bridgehead atoms. The maximum absolute atomic E-state index is 12.3. The standard InChI is InChI=1S/C17H18ClNOS/c1-13(14-7-6-8-15(18)11-14)19(2)17(20)12-21-16-9-4-3-5-10-16/h3-11,13H,12H2,1-2H3. The number of hydrogen-bond acceptors (Lipinski definition) is 2. The van der Waals surface area contributed by atoms with Crippen LogP contribution in [0.15, 0.2) is 59.5 Å². The first-order chi connectivity index (χ1) is 10.1. The second-order valence-corrected chi connectivity index (χ2v) is 6.32. The average Bonchev–Trinajstić information content (AvgIpc) is 2.52. The van der Waals surface area contributed by atoms with Crippen molar-refractivity contribution >= 4 is 29.3 Å². The molecule has 0 saturated heterocycles. The Morgan fingerprint density at radius 1 is 1.19 bits per heavy atom. The topological polar surface area (TPSA) is 20.3 Å². The van der Waals surface area contributed by atoms with Gasteiger partial charge in [-0.2, -0.15) is 0 Å². The minimum atomic E-state index is 0.00701. The second kappa shape index (κ2) is 7.53. The van der Waals surface area contributed by atoms with Gasteiger partial charge in [0.05, 0.1) is 11.8 Å². The number of hydrogen-bond donors (Lipinski definition) is 0. The van der Waals surface area contributed by atoms with Gasteiger partial charge in [-0.25, -0.2) is 0 Å². The number of carbonyl (C=O) groups excluding carboxylic acids is 1. The molecule has 21 heavy (non-hydrogen) atoms. The van der Waals surface area contributed by atoms with E-state index in [9.17, 15) is 4.79 Å². The molecule has 0 heterocycles. The molecule has 2 nitrogen and oxygen atoms in total. The number of amides is 1. The zero-order valence-electron chi connectivity index (χ0n) is 12.1. The molecule has 1 amide bonds. The monoisotopic (exact) mass is 319 g/mol. The van der Waals surface area contributed by atoms with Crippen LogP contribution in [0.2, 0.25) is 5.02 Å². The molecular weight excluding hydrogens is 302 g/mol. The predicted molar refractivity (Wildman–Crippen MR) is 89.8 cm³/mol. The Morgan fingerprint density at radius 2 is 1.90 bits per heavy atom. The van der Waals surface area contributed by atoms with Crippen LogP contribution in [0.4, 0.5) is 0 Å². The summed E-state index contributed by atoms with van der Waals surface area (Å²) in [7, 11) is 1.83. The van der Waals surface area contributed by atoms with Crippen molar-refractivity contribution in [2.45, 2.75) is 17.9 Å². The first-order valence-electron chi connectivity index (χ1n) is 6.77. The number of benzene rings is 2. The van der Waals surface area contributed by atoms with Gasteiger partial charge < -0.3 is 4.90 Å². The Balaban J connectivity index is 1.95. The van der Waals surface area contributed by atoms with Gasteiger partial charge in [0.2, 0.25) is 5.91 Å². The van der Waals surface area contributed by atoms with E-state index in [0.29, 0.717) is 10.8 Å². The third kappa shape index (κ3) is 4.51. The molecule has 1 unspecified atom stereocenters. The third-order valence-electron chi connectivity index (χ3n) is 3.41. The van der Waals surface area contributed by atoms with Crippen LogP contribution in [0.25, 0.3) is 0 Å². The van der Waals surface area contributed by atoms with Gasteiger partial charge in [0.1, 0.15) is 0 Å². The predicted octanol–water partition coefficient (Wildman–Crippen LogP) is 4.65. The molecule has 2 aromatic rings. The third-order valence-corrected chi connectivity index (χ3v) is 4.64. The smallest absolute Gasteiger partial charge is 0.233 e. The van der Waals surface area contributed by atoms with Gasteiger partial charge in [-0.15, -0.1) is 11.8 Å². The summed E-state index contributed by atoms with van der Waals surface area (Å²) >= 11 is 7.56. The fourth-order valence-corrected chi connectivity index (χ4v) is 3.01. The molecule has 0 radical (unpaired) electrons. The summed E-state index contributed by atoms with van der Waals surface area (Å²) in [5.41, 5.74) is 1.04. The zero-order valence-corrected chi connectivity index (χ0v) is 13.7. The van der Waals surface area contributed by atoms with Crippen LogP contribution in [0, 0.1) is 0 Å². The Kier molecular flexibility index (Phi) is 5.71. The fourth-order valence-electron chi connectivity index (χ4n) is 1.97. The molecule has 0 saturated carbocycles. The fraction of sp³-hybridized carbons (Fsp3) is 0.235. The van der Waals surface area contributed by atoms with Crippen molar-refractivity contribution in [3.05, 3.63) is 65.2 Å².